The van der Waals surface area contributed by atoms with E-state index in [2.05, 4.69) is 21.2 Å². The van der Waals surface area contributed by atoms with Crippen LogP contribution in [0.1, 0.15) is 25.0 Å². The molecule has 0 unspecified atom stereocenters. The smallest absolute Gasteiger partial charge is 0.265 e. The molecule has 0 heterocycles. The van der Waals surface area contributed by atoms with Gasteiger partial charge in [-0.25, -0.2) is 8.42 Å². The Labute approximate surface area is 302 Å². The van der Waals surface area contributed by atoms with Crippen LogP contribution in [0.25, 0.3) is 0 Å². The fourth-order valence-corrected chi connectivity index (χ4v) is 7.03. The van der Waals surface area contributed by atoms with Crippen LogP contribution in [0.5, 0.6) is 23.0 Å². The molecule has 4 rings (SSSR count). The second-order valence-electron chi connectivity index (χ2n) is 11.6. The zero-order valence-electron chi connectivity index (χ0n) is 28.9. The van der Waals surface area contributed by atoms with Crippen molar-refractivity contribution in [3.8, 4) is 23.0 Å². The van der Waals surface area contributed by atoms with Crippen molar-refractivity contribution >= 4 is 43.5 Å². The molecule has 0 aliphatic heterocycles. The van der Waals surface area contributed by atoms with Crippen LogP contribution >= 0.6 is 15.9 Å². The molecule has 13 heteroatoms. The topological polar surface area (TPSA) is 124 Å². The van der Waals surface area contributed by atoms with Crippen molar-refractivity contribution in [1.82, 2.24) is 10.2 Å². The van der Waals surface area contributed by atoms with Crippen LogP contribution in [0.15, 0.2) is 100 Å². The molecule has 0 aromatic heterocycles. The Kier molecular flexibility index (Phi) is 13.1. The number of nitrogens with zero attached hydrogens (tertiary/aromatic N) is 2. The van der Waals surface area contributed by atoms with Gasteiger partial charge in [0, 0.05) is 35.6 Å². The molecule has 0 aliphatic rings. The summed E-state index contributed by atoms with van der Waals surface area (Å²) in [5.74, 6) is 0.0340. The van der Waals surface area contributed by atoms with E-state index in [1.807, 2.05) is 68.4 Å². The molecular formula is C37H42BrN3O8S. The van der Waals surface area contributed by atoms with Gasteiger partial charge in [-0.2, -0.15) is 0 Å². The number of benzene rings is 4. The number of halogens is 1. The van der Waals surface area contributed by atoms with Gasteiger partial charge in [-0.3, -0.25) is 13.9 Å². The van der Waals surface area contributed by atoms with Crippen LogP contribution in [-0.4, -0.2) is 72.2 Å². The number of nitrogens with one attached hydrogen (secondary N) is 1. The summed E-state index contributed by atoms with van der Waals surface area (Å²) in [7, 11) is 1.20. The first kappa shape index (κ1) is 38.1. The van der Waals surface area contributed by atoms with E-state index in [9.17, 15) is 18.0 Å². The van der Waals surface area contributed by atoms with E-state index in [0.29, 0.717) is 11.5 Å². The maximum atomic E-state index is 14.8. The fraction of sp³-hybridized carbons (Fsp3) is 0.297. The van der Waals surface area contributed by atoms with E-state index >= 15 is 0 Å². The van der Waals surface area contributed by atoms with Gasteiger partial charge >= 0.3 is 0 Å². The molecule has 0 aliphatic carbocycles. The molecule has 2 amide bonds. The van der Waals surface area contributed by atoms with Crippen molar-refractivity contribution < 1.29 is 37.0 Å². The summed E-state index contributed by atoms with van der Waals surface area (Å²) in [4.78, 5) is 30.0. The molecule has 4 aromatic rings. The molecule has 1 N–H and O–H groups in total. The first-order valence-electron chi connectivity index (χ1n) is 15.8. The Morgan fingerprint density at radius 3 is 2.00 bits per heavy atom. The van der Waals surface area contributed by atoms with Gasteiger partial charge in [0.15, 0.2) is 11.5 Å². The SMILES string of the molecule is COc1ccc(OC)c(N(CC(=O)N(Cc2ccc(Br)cc2)[C@H](Cc2ccccc2)C(=O)NC(C)C)S(=O)(=O)c2ccc(OC)c(OC)c2)c1. The summed E-state index contributed by atoms with van der Waals surface area (Å²) >= 11 is 3.45. The number of methoxy groups -OCH3 is 4. The second kappa shape index (κ2) is 17.3. The summed E-state index contributed by atoms with van der Waals surface area (Å²) in [6, 6.07) is 24.3. The van der Waals surface area contributed by atoms with Crippen LogP contribution in [0.2, 0.25) is 0 Å². The van der Waals surface area contributed by atoms with Crippen molar-refractivity contribution in [2.24, 2.45) is 0 Å². The molecular weight excluding hydrogens is 726 g/mol. The highest BCUT2D eigenvalue weighted by molar-refractivity contribution is 9.10. The van der Waals surface area contributed by atoms with Gasteiger partial charge in [-0.05, 0) is 61.4 Å². The van der Waals surface area contributed by atoms with Gasteiger partial charge in [-0.1, -0.05) is 58.4 Å². The summed E-state index contributed by atoms with van der Waals surface area (Å²) in [5, 5.41) is 2.96. The predicted octanol–water partition coefficient (Wildman–Crippen LogP) is 5.84. The van der Waals surface area contributed by atoms with E-state index in [1.165, 1.54) is 57.6 Å². The third-order valence-corrected chi connectivity index (χ3v) is 10.1. The predicted molar refractivity (Wildman–Crippen MR) is 196 cm³/mol. The molecule has 4 aromatic carbocycles. The number of hydrogen-bond acceptors (Lipinski definition) is 8. The highest BCUT2D eigenvalue weighted by Crippen LogP contribution is 2.38. The molecule has 50 heavy (non-hydrogen) atoms. The van der Waals surface area contributed by atoms with Gasteiger partial charge < -0.3 is 29.2 Å². The van der Waals surface area contributed by atoms with Crippen LogP contribution in [0, 0.1) is 0 Å². The molecule has 266 valence electrons. The molecule has 1 atom stereocenters. The standard InChI is InChI=1S/C37H42BrN3O8S/c1-25(2)39-37(43)32(20-26-10-8-7-9-11-26)40(23-27-12-14-28(38)15-13-27)36(42)24-41(31-21-29(46-3)16-18-33(31)47-4)50(44,45)30-17-19-34(48-5)35(22-30)49-6/h7-19,21-22,25,32H,20,23-24H2,1-6H3,(H,39,43)/t32-/m1/s1. The summed E-state index contributed by atoms with van der Waals surface area (Å²) < 4.78 is 52.9. The average Bonchev–Trinajstić information content (AvgIpc) is 3.12. The first-order valence-corrected chi connectivity index (χ1v) is 18.0. The number of rotatable bonds is 16. The van der Waals surface area contributed by atoms with Gasteiger partial charge in [0.2, 0.25) is 11.8 Å². The monoisotopic (exact) mass is 767 g/mol. The molecule has 0 fully saturated rings. The molecule has 0 bridgehead atoms. The summed E-state index contributed by atoms with van der Waals surface area (Å²) in [6.07, 6.45) is 0.187. The molecule has 0 saturated heterocycles. The Morgan fingerprint density at radius 2 is 1.40 bits per heavy atom. The van der Waals surface area contributed by atoms with Crippen LogP contribution < -0.4 is 28.6 Å². The summed E-state index contributed by atoms with van der Waals surface area (Å²) in [6.45, 7) is 3.02. The zero-order valence-corrected chi connectivity index (χ0v) is 31.3. The largest absolute Gasteiger partial charge is 0.497 e. The highest BCUT2D eigenvalue weighted by atomic mass is 79.9. The van der Waals surface area contributed by atoms with Gasteiger partial charge in [0.05, 0.1) is 39.0 Å². The van der Waals surface area contributed by atoms with E-state index in [1.54, 1.807) is 12.1 Å². The number of amides is 2. The van der Waals surface area contributed by atoms with Crippen LogP contribution in [0.4, 0.5) is 5.69 Å². The highest BCUT2D eigenvalue weighted by Gasteiger charge is 2.36. The van der Waals surface area contributed by atoms with Crippen molar-refractivity contribution in [1.29, 1.82) is 0 Å². The maximum Gasteiger partial charge on any atom is 0.265 e. The molecule has 0 saturated carbocycles. The lowest BCUT2D eigenvalue weighted by molar-refractivity contribution is -0.140. The molecule has 0 radical (unpaired) electrons. The maximum absolute atomic E-state index is 14.8. The summed E-state index contributed by atoms with van der Waals surface area (Å²) in [5.41, 5.74) is 1.63. The lowest BCUT2D eigenvalue weighted by Gasteiger charge is -2.34. The van der Waals surface area contributed by atoms with Crippen molar-refractivity contribution in [2.75, 3.05) is 39.3 Å². The third kappa shape index (κ3) is 9.27. The first-order chi connectivity index (χ1) is 23.9. The lowest BCUT2D eigenvalue weighted by Crippen LogP contribution is -2.54. The number of ether oxygens (including phenoxy) is 4. The van der Waals surface area contributed by atoms with Crippen molar-refractivity contribution in [2.45, 2.75) is 43.8 Å². The number of sulfonamides is 1. The lowest BCUT2D eigenvalue weighted by atomic mass is 10.0. The second-order valence-corrected chi connectivity index (χ2v) is 14.4. The van der Waals surface area contributed by atoms with Gasteiger partial charge in [0.25, 0.3) is 10.0 Å². The van der Waals surface area contributed by atoms with E-state index in [-0.39, 0.29) is 47.0 Å². The Bertz CT molecular complexity index is 1870. The fourth-order valence-electron chi connectivity index (χ4n) is 5.33. The minimum atomic E-state index is -4.49. The minimum Gasteiger partial charge on any atom is -0.497 e. The normalized spacial score (nSPS) is 11.8. The number of anilines is 1. The van der Waals surface area contributed by atoms with Crippen molar-refractivity contribution in [3.05, 3.63) is 107 Å². The van der Waals surface area contributed by atoms with Gasteiger partial charge in [0.1, 0.15) is 24.1 Å². The van der Waals surface area contributed by atoms with E-state index < -0.39 is 28.5 Å². The number of hydrogen-bond donors (Lipinski definition) is 1. The number of carbonyl (C=O) groups excluding carboxylic acids is 2. The van der Waals surface area contributed by atoms with E-state index in [4.69, 9.17) is 18.9 Å². The zero-order chi connectivity index (χ0) is 36.4. The van der Waals surface area contributed by atoms with Crippen LogP contribution in [-0.2, 0) is 32.6 Å². The van der Waals surface area contributed by atoms with E-state index in [0.717, 1.165) is 19.9 Å². The Morgan fingerprint density at radius 1 is 0.760 bits per heavy atom. The average molecular weight is 769 g/mol. The number of carbonyl (C=O) groups is 2. The molecule has 11 nitrogen and oxygen atoms in total. The third-order valence-electron chi connectivity index (χ3n) is 7.84. The van der Waals surface area contributed by atoms with Crippen molar-refractivity contribution in [3.63, 3.8) is 0 Å². The van der Waals surface area contributed by atoms with Crippen LogP contribution in [0.3, 0.4) is 0 Å². The quantitative estimate of drug-likeness (QED) is 0.151. The minimum absolute atomic E-state index is 0.0224. The molecule has 0 spiro atoms. The van der Waals surface area contributed by atoms with Gasteiger partial charge in [-0.15, -0.1) is 0 Å². The Balaban J connectivity index is 1.90. The Hall–Kier alpha value is -4.75.